The first-order valence-electron chi connectivity index (χ1n) is 5.36. The number of hydrogen-bond donors (Lipinski definition) is 1. The molecule has 1 aromatic rings. The van der Waals surface area contributed by atoms with Crippen molar-refractivity contribution >= 4 is 28.4 Å². The molecule has 1 aliphatic rings. The number of nitrogens with zero attached hydrogens (tertiary/aromatic N) is 3. The molecule has 2 heterocycles. The molecular weight excluding hydrogens is 240 g/mol. The molecule has 0 spiro atoms. The summed E-state index contributed by atoms with van der Waals surface area (Å²) in [6, 6.07) is -0.192. The van der Waals surface area contributed by atoms with Gasteiger partial charge in [0.15, 0.2) is 5.13 Å². The molecule has 1 aromatic heterocycles. The maximum atomic E-state index is 11.9. The summed E-state index contributed by atoms with van der Waals surface area (Å²) < 4.78 is 0. The van der Waals surface area contributed by atoms with Gasteiger partial charge < -0.3 is 9.80 Å². The average molecular weight is 254 g/mol. The Kier molecular flexibility index (Phi) is 3.58. The number of nitrogens with one attached hydrogen (secondary N) is 1. The van der Waals surface area contributed by atoms with Crippen LogP contribution in [-0.2, 0) is 4.79 Å². The van der Waals surface area contributed by atoms with Gasteiger partial charge >= 0.3 is 6.03 Å². The van der Waals surface area contributed by atoms with E-state index in [9.17, 15) is 9.59 Å². The van der Waals surface area contributed by atoms with Crippen molar-refractivity contribution in [2.75, 3.05) is 32.0 Å². The zero-order valence-electron chi connectivity index (χ0n) is 9.55. The van der Waals surface area contributed by atoms with E-state index in [-0.39, 0.29) is 11.9 Å². The summed E-state index contributed by atoms with van der Waals surface area (Å²) in [6.07, 6.45) is 2.02. The topological polar surface area (TPSA) is 65.5 Å². The summed E-state index contributed by atoms with van der Waals surface area (Å²) >= 11 is 1.37. The molecular formula is C10H14N4O2S. The Bertz CT molecular complexity index is 406. The van der Waals surface area contributed by atoms with Crippen LogP contribution in [0.1, 0.15) is 6.42 Å². The normalized spacial score (nSPS) is 16.9. The Hall–Kier alpha value is -1.63. The largest absolute Gasteiger partial charge is 0.344 e. The molecule has 0 saturated carbocycles. The van der Waals surface area contributed by atoms with E-state index in [1.807, 2.05) is 0 Å². The second-order valence-electron chi connectivity index (χ2n) is 3.82. The van der Waals surface area contributed by atoms with E-state index in [1.165, 1.54) is 11.3 Å². The van der Waals surface area contributed by atoms with Crippen LogP contribution in [0.5, 0.6) is 0 Å². The minimum absolute atomic E-state index is 0.0783. The Morgan fingerprint density at radius 3 is 3.00 bits per heavy atom. The van der Waals surface area contributed by atoms with Gasteiger partial charge in [0.05, 0.1) is 0 Å². The third kappa shape index (κ3) is 2.94. The summed E-state index contributed by atoms with van der Waals surface area (Å²) in [5, 5.41) is 5.10. The predicted octanol–water partition coefficient (Wildman–Crippen LogP) is 0.839. The monoisotopic (exact) mass is 254 g/mol. The lowest BCUT2D eigenvalue weighted by Crippen LogP contribution is -2.37. The van der Waals surface area contributed by atoms with Crippen molar-refractivity contribution in [3.63, 3.8) is 0 Å². The number of carbonyl (C=O) groups excluding carboxylic acids is 2. The number of thiazole rings is 1. The average Bonchev–Trinajstić information content (AvgIpc) is 2.74. The number of urea groups is 1. The molecule has 1 aliphatic heterocycles. The number of carbonyl (C=O) groups is 2. The smallest absolute Gasteiger partial charge is 0.323 e. The molecule has 0 bridgehead atoms. The SMILES string of the molecule is CN1CCN(C(=O)Nc2nccs2)CCC1=O. The molecule has 1 saturated heterocycles. The molecule has 17 heavy (non-hydrogen) atoms. The summed E-state index contributed by atoms with van der Waals surface area (Å²) in [5.74, 6) is 0.0783. The number of aromatic nitrogens is 1. The Morgan fingerprint density at radius 2 is 2.29 bits per heavy atom. The van der Waals surface area contributed by atoms with E-state index >= 15 is 0 Å². The second-order valence-corrected chi connectivity index (χ2v) is 4.71. The van der Waals surface area contributed by atoms with E-state index in [0.29, 0.717) is 31.2 Å². The van der Waals surface area contributed by atoms with Gasteiger partial charge in [-0.15, -0.1) is 11.3 Å². The molecule has 1 N–H and O–H groups in total. The standard InChI is InChI=1S/C10H14N4O2S/c1-13-5-6-14(4-2-8(13)15)10(16)12-9-11-3-7-17-9/h3,7H,2,4-6H2,1H3,(H,11,12,16). The van der Waals surface area contributed by atoms with Crippen molar-refractivity contribution in [2.45, 2.75) is 6.42 Å². The quantitative estimate of drug-likeness (QED) is 0.807. The summed E-state index contributed by atoms with van der Waals surface area (Å²) in [7, 11) is 1.75. The highest BCUT2D eigenvalue weighted by Crippen LogP contribution is 2.12. The van der Waals surface area contributed by atoms with Gasteiger partial charge in [-0.05, 0) is 0 Å². The highest BCUT2D eigenvalue weighted by Gasteiger charge is 2.21. The summed E-state index contributed by atoms with van der Waals surface area (Å²) in [5.41, 5.74) is 0. The maximum Gasteiger partial charge on any atom is 0.323 e. The van der Waals surface area contributed by atoms with Crippen molar-refractivity contribution in [2.24, 2.45) is 0 Å². The van der Waals surface area contributed by atoms with Crippen molar-refractivity contribution < 1.29 is 9.59 Å². The first kappa shape index (κ1) is 11.8. The lowest BCUT2D eigenvalue weighted by atomic mass is 10.4. The van der Waals surface area contributed by atoms with Crippen LogP contribution in [0.15, 0.2) is 11.6 Å². The number of anilines is 1. The molecule has 3 amide bonds. The molecule has 0 aliphatic carbocycles. The van der Waals surface area contributed by atoms with E-state index in [1.54, 1.807) is 28.4 Å². The molecule has 2 rings (SSSR count). The van der Waals surface area contributed by atoms with Crippen LogP contribution in [0.3, 0.4) is 0 Å². The van der Waals surface area contributed by atoms with Gasteiger partial charge in [-0.3, -0.25) is 10.1 Å². The fourth-order valence-electron chi connectivity index (χ4n) is 1.59. The van der Waals surface area contributed by atoms with Gasteiger partial charge in [0.2, 0.25) is 5.91 Å². The van der Waals surface area contributed by atoms with Crippen LogP contribution in [0.4, 0.5) is 9.93 Å². The van der Waals surface area contributed by atoms with Crippen molar-refractivity contribution in [1.29, 1.82) is 0 Å². The van der Waals surface area contributed by atoms with Gasteiger partial charge in [0.25, 0.3) is 0 Å². The third-order valence-electron chi connectivity index (χ3n) is 2.66. The highest BCUT2D eigenvalue weighted by atomic mass is 32.1. The zero-order chi connectivity index (χ0) is 12.3. The minimum atomic E-state index is -0.192. The summed E-state index contributed by atoms with van der Waals surface area (Å²) in [6.45, 7) is 1.59. The number of likely N-dealkylation sites (N-methyl/N-ethyl adjacent to an activating group) is 1. The van der Waals surface area contributed by atoms with Crippen LogP contribution < -0.4 is 5.32 Å². The van der Waals surface area contributed by atoms with Crippen LogP contribution in [0, 0.1) is 0 Å². The van der Waals surface area contributed by atoms with Gasteiger partial charge in [0, 0.05) is 44.7 Å². The number of rotatable bonds is 1. The molecule has 0 atom stereocenters. The molecule has 0 radical (unpaired) electrons. The van der Waals surface area contributed by atoms with Crippen molar-refractivity contribution in [3.05, 3.63) is 11.6 Å². The third-order valence-corrected chi connectivity index (χ3v) is 3.35. The fraction of sp³-hybridized carbons (Fsp3) is 0.500. The Balaban J connectivity index is 1.93. The maximum absolute atomic E-state index is 11.9. The lowest BCUT2D eigenvalue weighted by Gasteiger charge is -2.19. The van der Waals surface area contributed by atoms with Crippen LogP contribution in [0.2, 0.25) is 0 Å². The molecule has 6 nitrogen and oxygen atoms in total. The minimum Gasteiger partial charge on any atom is -0.344 e. The van der Waals surface area contributed by atoms with Crippen molar-refractivity contribution in [3.8, 4) is 0 Å². The van der Waals surface area contributed by atoms with Gasteiger partial charge in [0.1, 0.15) is 0 Å². The number of amides is 3. The molecule has 92 valence electrons. The molecule has 0 unspecified atom stereocenters. The van der Waals surface area contributed by atoms with Gasteiger partial charge in [-0.25, -0.2) is 9.78 Å². The molecule has 0 aromatic carbocycles. The first-order valence-corrected chi connectivity index (χ1v) is 6.24. The van der Waals surface area contributed by atoms with E-state index < -0.39 is 0 Å². The van der Waals surface area contributed by atoms with E-state index in [0.717, 1.165) is 0 Å². The fourth-order valence-corrected chi connectivity index (χ4v) is 2.11. The zero-order valence-corrected chi connectivity index (χ0v) is 10.4. The van der Waals surface area contributed by atoms with Crippen LogP contribution in [-0.4, -0.2) is 53.4 Å². The molecule has 7 heteroatoms. The predicted molar refractivity (Wildman–Crippen MR) is 65.0 cm³/mol. The highest BCUT2D eigenvalue weighted by molar-refractivity contribution is 7.13. The van der Waals surface area contributed by atoms with Crippen LogP contribution in [0.25, 0.3) is 0 Å². The van der Waals surface area contributed by atoms with Gasteiger partial charge in [-0.2, -0.15) is 0 Å². The molecule has 1 fully saturated rings. The lowest BCUT2D eigenvalue weighted by molar-refractivity contribution is -0.129. The Labute approximate surface area is 103 Å². The number of hydrogen-bond acceptors (Lipinski definition) is 4. The Morgan fingerprint density at radius 1 is 1.47 bits per heavy atom. The second kappa shape index (κ2) is 5.13. The summed E-state index contributed by atoms with van der Waals surface area (Å²) in [4.78, 5) is 30.6. The van der Waals surface area contributed by atoms with Crippen LogP contribution >= 0.6 is 11.3 Å². The van der Waals surface area contributed by atoms with Crippen molar-refractivity contribution in [1.82, 2.24) is 14.8 Å². The van der Waals surface area contributed by atoms with E-state index in [4.69, 9.17) is 0 Å². The van der Waals surface area contributed by atoms with Gasteiger partial charge in [-0.1, -0.05) is 0 Å². The van der Waals surface area contributed by atoms with E-state index in [2.05, 4.69) is 10.3 Å². The first-order chi connectivity index (χ1) is 8.16.